The number of anilines is 1. The number of hydrogen-bond donors (Lipinski definition) is 4. The van der Waals surface area contributed by atoms with Gasteiger partial charge in [0.15, 0.2) is 11.9 Å². The molecular weight excluding hydrogens is 610 g/mol. The first kappa shape index (κ1) is 35.4. The molecule has 2 unspecified atom stereocenters. The number of carbonyl (C=O) groups excluding carboxylic acids is 3. The van der Waals surface area contributed by atoms with Crippen LogP contribution in [-0.4, -0.2) is 55.7 Å². The van der Waals surface area contributed by atoms with E-state index in [0.717, 1.165) is 16.7 Å². The molecule has 48 heavy (non-hydrogen) atoms. The Labute approximate surface area is 280 Å². The first-order valence-electron chi connectivity index (χ1n) is 15.8. The molecule has 252 valence electrons. The van der Waals surface area contributed by atoms with Crippen LogP contribution in [-0.2, 0) is 25.5 Å². The normalized spacial score (nSPS) is 12.8. The molecule has 11 heteroatoms. The van der Waals surface area contributed by atoms with Crippen LogP contribution in [0.2, 0.25) is 0 Å². The van der Waals surface area contributed by atoms with Crippen LogP contribution >= 0.6 is 0 Å². The molecule has 0 fully saturated rings. The van der Waals surface area contributed by atoms with Crippen molar-refractivity contribution in [1.29, 1.82) is 0 Å². The number of ether oxygens (including phenoxy) is 1. The topological polar surface area (TPSA) is 152 Å². The third-order valence-corrected chi connectivity index (χ3v) is 7.52. The summed E-state index contributed by atoms with van der Waals surface area (Å²) in [7, 11) is 0. The van der Waals surface area contributed by atoms with Crippen LogP contribution in [0, 0.1) is 0 Å². The number of aromatic nitrogens is 2. The Morgan fingerprint density at radius 2 is 1.46 bits per heavy atom. The molecule has 0 saturated carbocycles. The van der Waals surface area contributed by atoms with Crippen LogP contribution in [0.15, 0.2) is 97.5 Å². The number of amides is 3. The van der Waals surface area contributed by atoms with Crippen LogP contribution in [0.4, 0.5) is 10.6 Å². The Bertz CT molecular complexity index is 1700. The summed E-state index contributed by atoms with van der Waals surface area (Å²) >= 11 is 0. The van der Waals surface area contributed by atoms with E-state index in [2.05, 4.69) is 20.9 Å². The van der Waals surface area contributed by atoms with Gasteiger partial charge in [-0.2, -0.15) is 0 Å². The molecule has 1 heterocycles. The number of rotatable bonds is 13. The van der Waals surface area contributed by atoms with Crippen LogP contribution in [0.1, 0.15) is 64.6 Å². The number of carbonyl (C=O) groups is 4. The first-order valence-corrected chi connectivity index (χ1v) is 15.8. The van der Waals surface area contributed by atoms with Crippen molar-refractivity contribution in [2.24, 2.45) is 0 Å². The number of benzene rings is 3. The summed E-state index contributed by atoms with van der Waals surface area (Å²) in [6.07, 6.45) is 3.58. The third kappa shape index (κ3) is 10.0. The molecule has 0 aliphatic heterocycles. The number of carboxylic acid groups (broad SMARTS) is 1. The van der Waals surface area contributed by atoms with E-state index in [1.165, 1.54) is 30.9 Å². The largest absolute Gasteiger partial charge is 0.479 e. The number of alkyl carbamates (subject to hydrolysis) is 1. The lowest BCUT2D eigenvalue weighted by Crippen LogP contribution is -2.58. The number of carboxylic acids is 1. The predicted octanol–water partition coefficient (Wildman–Crippen LogP) is 5.97. The standard InChI is InChI=1S/C37H43N5O6/c1-36(2,3)48-35(47)41-37(4,5)34(46)39-29(18-12-15-25-13-8-6-9-14-25)32(43)40-30-23-42(24-38-30)31(33(44)45)28-21-19-27(20-22-28)26-16-10-7-11-17-26/h6-11,13-14,16-17,19-24,29,31H,12,15,18H2,1-5H3,(H,39,46)(H,40,43)(H,41,47)(H,44,45). The van der Waals surface area contributed by atoms with Gasteiger partial charge in [-0.25, -0.2) is 14.6 Å². The van der Waals surface area contributed by atoms with Gasteiger partial charge in [-0.15, -0.1) is 0 Å². The minimum absolute atomic E-state index is 0.126. The van der Waals surface area contributed by atoms with Gasteiger partial charge in [-0.3, -0.25) is 9.59 Å². The average molecular weight is 654 g/mol. The van der Waals surface area contributed by atoms with Crippen LogP contribution in [0.3, 0.4) is 0 Å². The van der Waals surface area contributed by atoms with Gasteiger partial charge in [0.2, 0.25) is 11.8 Å². The smallest absolute Gasteiger partial charge is 0.408 e. The summed E-state index contributed by atoms with van der Waals surface area (Å²) in [6, 6.07) is 24.7. The van der Waals surface area contributed by atoms with E-state index in [1.807, 2.05) is 72.8 Å². The molecule has 11 nitrogen and oxygen atoms in total. The van der Waals surface area contributed by atoms with E-state index in [1.54, 1.807) is 32.9 Å². The summed E-state index contributed by atoms with van der Waals surface area (Å²) in [5, 5.41) is 18.2. The van der Waals surface area contributed by atoms with Crippen molar-refractivity contribution in [3.8, 4) is 11.1 Å². The highest BCUT2D eigenvalue weighted by Gasteiger charge is 2.34. The third-order valence-electron chi connectivity index (χ3n) is 7.52. The molecule has 4 aromatic rings. The lowest BCUT2D eigenvalue weighted by atomic mass is 10.0. The van der Waals surface area contributed by atoms with Crippen LogP contribution in [0.25, 0.3) is 11.1 Å². The zero-order valence-corrected chi connectivity index (χ0v) is 27.9. The lowest BCUT2D eigenvalue weighted by molar-refractivity contribution is -0.139. The molecular formula is C37H43N5O6. The van der Waals surface area contributed by atoms with Gasteiger partial charge in [-0.1, -0.05) is 84.9 Å². The Morgan fingerprint density at radius 1 is 0.854 bits per heavy atom. The van der Waals surface area contributed by atoms with Crippen molar-refractivity contribution < 1.29 is 29.0 Å². The fourth-order valence-electron chi connectivity index (χ4n) is 5.06. The zero-order valence-electron chi connectivity index (χ0n) is 27.9. The van der Waals surface area contributed by atoms with E-state index in [-0.39, 0.29) is 5.82 Å². The molecule has 0 spiro atoms. The highest BCUT2D eigenvalue weighted by Crippen LogP contribution is 2.25. The lowest BCUT2D eigenvalue weighted by Gasteiger charge is -2.29. The molecule has 4 rings (SSSR count). The van der Waals surface area contributed by atoms with Gasteiger partial charge in [0.1, 0.15) is 17.2 Å². The monoisotopic (exact) mass is 653 g/mol. The van der Waals surface area contributed by atoms with Crippen LogP contribution < -0.4 is 16.0 Å². The average Bonchev–Trinajstić information content (AvgIpc) is 3.47. The Balaban J connectivity index is 1.48. The van der Waals surface area contributed by atoms with Gasteiger partial charge in [0.05, 0.1) is 6.33 Å². The first-order chi connectivity index (χ1) is 22.7. The van der Waals surface area contributed by atoms with E-state index >= 15 is 0 Å². The maximum atomic E-state index is 13.6. The van der Waals surface area contributed by atoms with E-state index < -0.39 is 47.1 Å². The second kappa shape index (κ2) is 15.4. The zero-order chi connectivity index (χ0) is 34.9. The molecule has 0 aliphatic rings. The second-order valence-electron chi connectivity index (χ2n) is 13.1. The molecule has 0 saturated heterocycles. The summed E-state index contributed by atoms with van der Waals surface area (Å²) in [4.78, 5) is 56.0. The molecule has 3 amide bonds. The highest BCUT2D eigenvalue weighted by atomic mass is 16.6. The minimum atomic E-state index is -1.40. The number of nitrogens with one attached hydrogen (secondary N) is 3. The Morgan fingerprint density at radius 3 is 2.06 bits per heavy atom. The van der Waals surface area contributed by atoms with Crippen molar-refractivity contribution in [3.63, 3.8) is 0 Å². The Kier molecular flexibility index (Phi) is 11.4. The highest BCUT2D eigenvalue weighted by molar-refractivity contribution is 5.98. The van der Waals surface area contributed by atoms with E-state index in [0.29, 0.717) is 24.8 Å². The molecule has 1 aromatic heterocycles. The quantitative estimate of drug-likeness (QED) is 0.139. The molecule has 3 aromatic carbocycles. The SMILES string of the molecule is CC(C)(C)OC(=O)NC(C)(C)C(=O)NC(CCCc1ccccc1)C(=O)Nc1cn(C(C(=O)O)c2ccc(-c3ccccc3)cc2)cn1. The van der Waals surface area contributed by atoms with Crippen molar-refractivity contribution in [2.75, 3.05) is 5.32 Å². The van der Waals surface area contributed by atoms with Crippen molar-refractivity contribution >= 4 is 29.7 Å². The van der Waals surface area contributed by atoms with Crippen molar-refractivity contribution in [3.05, 3.63) is 109 Å². The van der Waals surface area contributed by atoms with Gasteiger partial charge >= 0.3 is 12.1 Å². The summed E-state index contributed by atoms with van der Waals surface area (Å²) in [5.74, 6) is -2.08. The maximum Gasteiger partial charge on any atom is 0.408 e. The van der Waals surface area contributed by atoms with Crippen LogP contribution in [0.5, 0.6) is 0 Å². The summed E-state index contributed by atoms with van der Waals surface area (Å²) in [6.45, 7) is 8.19. The van der Waals surface area contributed by atoms with Gasteiger partial charge in [-0.05, 0) is 76.1 Å². The number of nitrogens with zero attached hydrogens (tertiary/aromatic N) is 2. The minimum Gasteiger partial charge on any atom is -0.479 e. The number of imidazole rings is 1. The van der Waals surface area contributed by atoms with Gasteiger partial charge in [0.25, 0.3) is 0 Å². The van der Waals surface area contributed by atoms with Crippen molar-refractivity contribution in [1.82, 2.24) is 20.2 Å². The van der Waals surface area contributed by atoms with Gasteiger partial charge in [0, 0.05) is 6.20 Å². The number of hydrogen-bond acceptors (Lipinski definition) is 6. The predicted molar refractivity (Wildman–Crippen MR) is 183 cm³/mol. The fourth-order valence-corrected chi connectivity index (χ4v) is 5.06. The molecule has 0 aliphatic carbocycles. The number of aliphatic carboxylic acids is 1. The molecule has 0 radical (unpaired) electrons. The summed E-state index contributed by atoms with van der Waals surface area (Å²) in [5.41, 5.74) is 1.43. The number of aryl methyl sites for hydroxylation is 1. The summed E-state index contributed by atoms with van der Waals surface area (Å²) < 4.78 is 6.71. The van der Waals surface area contributed by atoms with E-state index in [4.69, 9.17) is 4.74 Å². The maximum absolute atomic E-state index is 13.6. The molecule has 2 atom stereocenters. The Hall–Kier alpha value is -5.45. The second-order valence-corrected chi connectivity index (χ2v) is 13.1. The van der Waals surface area contributed by atoms with Gasteiger partial charge < -0.3 is 30.4 Å². The van der Waals surface area contributed by atoms with Crippen molar-refractivity contribution in [2.45, 2.75) is 77.1 Å². The molecule has 4 N–H and O–H groups in total. The molecule has 0 bridgehead atoms. The fraction of sp³-hybridized carbons (Fsp3) is 0.324. The van der Waals surface area contributed by atoms with E-state index in [9.17, 15) is 24.3 Å².